The number of amides is 3. The second-order valence-corrected chi connectivity index (χ2v) is 6.66. The van der Waals surface area contributed by atoms with Crippen LogP contribution in [0.1, 0.15) is 19.8 Å². The number of hydrogen-bond donors (Lipinski definition) is 1. The SMILES string of the molecule is C[C@@H](OC(=O)CN1C(=O)[C@H]2CC=CC[C@@H]2C1=O)C(=O)Nc1cc(F)ccc1F. The first kappa shape index (κ1) is 19.7. The van der Waals surface area contributed by atoms with E-state index >= 15 is 0 Å². The summed E-state index contributed by atoms with van der Waals surface area (Å²) in [5, 5.41) is 2.12. The van der Waals surface area contributed by atoms with Gasteiger partial charge in [0.2, 0.25) is 11.8 Å². The third kappa shape index (κ3) is 3.92. The molecule has 1 aromatic carbocycles. The third-order valence-corrected chi connectivity index (χ3v) is 4.75. The largest absolute Gasteiger partial charge is 0.451 e. The molecule has 1 fully saturated rings. The van der Waals surface area contributed by atoms with E-state index in [0.717, 1.165) is 23.1 Å². The highest BCUT2D eigenvalue weighted by Gasteiger charge is 2.47. The van der Waals surface area contributed by atoms with Crippen LogP contribution in [0.5, 0.6) is 0 Å². The number of allylic oxidation sites excluding steroid dienone is 2. The van der Waals surface area contributed by atoms with Gasteiger partial charge in [0, 0.05) is 6.07 Å². The molecule has 7 nitrogen and oxygen atoms in total. The van der Waals surface area contributed by atoms with Crippen LogP contribution in [-0.2, 0) is 23.9 Å². The van der Waals surface area contributed by atoms with Gasteiger partial charge in [0.15, 0.2) is 6.10 Å². The molecule has 2 aliphatic rings. The Morgan fingerprint density at radius 3 is 2.39 bits per heavy atom. The number of hydrogen-bond acceptors (Lipinski definition) is 5. The standard InChI is InChI=1S/C19H18F2N2O5/c1-10(17(25)22-15-8-11(20)6-7-14(15)21)28-16(24)9-23-18(26)12-4-2-3-5-13(12)19(23)27/h2-3,6-8,10,12-13H,4-5,9H2,1H3,(H,22,25)/t10-,12+,13+/m1/s1. The first-order valence-electron chi connectivity index (χ1n) is 8.73. The van der Waals surface area contributed by atoms with Crippen LogP contribution in [0.25, 0.3) is 0 Å². The molecule has 0 unspecified atom stereocenters. The molecule has 1 heterocycles. The lowest BCUT2D eigenvalue weighted by molar-refractivity contribution is -0.158. The smallest absolute Gasteiger partial charge is 0.326 e. The van der Waals surface area contributed by atoms with Crippen LogP contribution in [0.15, 0.2) is 30.4 Å². The molecule has 0 aromatic heterocycles. The van der Waals surface area contributed by atoms with Crippen LogP contribution in [0.3, 0.4) is 0 Å². The normalized spacial score (nSPS) is 22.0. The van der Waals surface area contributed by atoms with E-state index in [1.165, 1.54) is 6.92 Å². The van der Waals surface area contributed by atoms with Crippen LogP contribution in [0, 0.1) is 23.5 Å². The number of carbonyl (C=O) groups is 4. The van der Waals surface area contributed by atoms with Crippen molar-refractivity contribution in [2.45, 2.75) is 25.9 Å². The van der Waals surface area contributed by atoms with Gasteiger partial charge < -0.3 is 10.1 Å². The highest BCUT2D eigenvalue weighted by atomic mass is 19.1. The van der Waals surface area contributed by atoms with Gasteiger partial charge >= 0.3 is 5.97 Å². The molecule has 1 saturated heterocycles. The molecule has 1 aromatic rings. The molecule has 1 aliphatic heterocycles. The molecule has 28 heavy (non-hydrogen) atoms. The molecule has 3 amide bonds. The van der Waals surface area contributed by atoms with Gasteiger partial charge in [-0.15, -0.1) is 0 Å². The van der Waals surface area contributed by atoms with Crippen molar-refractivity contribution in [3.05, 3.63) is 42.0 Å². The molecule has 3 rings (SSSR count). The van der Waals surface area contributed by atoms with E-state index in [-0.39, 0.29) is 0 Å². The van der Waals surface area contributed by atoms with Crippen LogP contribution < -0.4 is 5.32 Å². The van der Waals surface area contributed by atoms with E-state index in [0.29, 0.717) is 12.8 Å². The van der Waals surface area contributed by atoms with E-state index in [9.17, 15) is 28.0 Å². The van der Waals surface area contributed by atoms with Gasteiger partial charge in [0.25, 0.3) is 5.91 Å². The Morgan fingerprint density at radius 1 is 1.18 bits per heavy atom. The van der Waals surface area contributed by atoms with Crippen molar-refractivity contribution in [1.29, 1.82) is 0 Å². The number of rotatable bonds is 5. The maximum atomic E-state index is 13.6. The Kier molecular flexibility index (Phi) is 5.53. The van der Waals surface area contributed by atoms with Crippen molar-refractivity contribution in [3.63, 3.8) is 0 Å². The molecule has 148 valence electrons. The number of esters is 1. The van der Waals surface area contributed by atoms with Gasteiger partial charge in [-0.2, -0.15) is 0 Å². The average molecular weight is 392 g/mol. The Bertz CT molecular complexity index is 844. The molecule has 1 aliphatic carbocycles. The predicted molar refractivity (Wildman–Crippen MR) is 92.6 cm³/mol. The topological polar surface area (TPSA) is 92.8 Å². The predicted octanol–water partition coefficient (Wildman–Crippen LogP) is 1.79. The fourth-order valence-electron chi connectivity index (χ4n) is 3.27. The summed E-state index contributed by atoms with van der Waals surface area (Å²) < 4.78 is 31.7. The summed E-state index contributed by atoms with van der Waals surface area (Å²) in [6.07, 6.45) is 3.20. The summed E-state index contributed by atoms with van der Waals surface area (Å²) in [4.78, 5) is 49.6. The zero-order valence-electron chi connectivity index (χ0n) is 15.0. The molecular weight excluding hydrogens is 374 g/mol. The molecule has 0 bridgehead atoms. The lowest BCUT2D eigenvalue weighted by Gasteiger charge is -2.17. The fraction of sp³-hybridized carbons (Fsp3) is 0.368. The van der Waals surface area contributed by atoms with Crippen molar-refractivity contribution in [2.24, 2.45) is 11.8 Å². The van der Waals surface area contributed by atoms with Gasteiger partial charge in [-0.05, 0) is 31.9 Å². The summed E-state index contributed by atoms with van der Waals surface area (Å²) in [5.41, 5.74) is -0.394. The van der Waals surface area contributed by atoms with Gasteiger partial charge in [-0.25, -0.2) is 8.78 Å². The monoisotopic (exact) mass is 392 g/mol. The number of imide groups is 1. The van der Waals surface area contributed by atoms with Crippen LogP contribution in [0.2, 0.25) is 0 Å². The highest BCUT2D eigenvalue weighted by Crippen LogP contribution is 2.34. The minimum atomic E-state index is -1.34. The zero-order chi connectivity index (χ0) is 20.4. The highest BCUT2D eigenvalue weighted by molar-refractivity contribution is 6.07. The van der Waals surface area contributed by atoms with Crippen molar-refractivity contribution in [2.75, 3.05) is 11.9 Å². The molecule has 3 atom stereocenters. The number of halogens is 2. The quantitative estimate of drug-likeness (QED) is 0.469. The molecule has 1 N–H and O–H groups in total. The number of nitrogens with zero attached hydrogens (tertiary/aromatic N) is 1. The van der Waals surface area contributed by atoms with Crippen LogP contribution in [0.4, 0.5) is 14.5 Å². The maximum absolute atomic E-state index is 13.6. The number of ether oxygens (including phenoxy) is 1. The number of anilines is 1. The first-order chi connectivity index (χ1) is 13.3. The summed E-state index contributed by atoms with van der Waals surface area (Å²) in [6.45, 7) is 0.637. The average Bonchev–Trinajstić information content (AvgIpc) is 2.90. The van der Waals surface area contributed by atoms with Crippen molar-refractivity contribution in [3.8, 4) is 0 Å². The summed E-state index contributed by atoms with van der Waals surface area (Å²) in [7, 11) is 0. The van der Waals surface area contributed by atoms with Gasteiger partial charge in [-0.3, -0.25) is 24.1 Å². The Morgan fingerprint density at radius 2 is 1.79 bits per heavy atom. The van der Waals surface area contributed by atoms with E-state index in [1.807, 2.05) is 12.2 Å². The maximum Gasteiger partial charge on any atom is 0.326 e. The Labute approximate surface area is 159 Å². The Hall–Kier alpha value is -3.10. The van der Waals surface area contributed by atoms with E-state index in [2.05, 4.69) is 5.32 Å². The summed E-state index contributed by atoms with van der Waals surface area (Å²) in [5.74, 6) is -5.24. The summed E-state index contributed by atoms with van der Waals surface area (Å²) in [6, 6.07) is 2.53. The third-order valence-electron chi connectivity index (χ3n) is 4.75. The molecular formula is C19H18F2N2O5. The zero-order valence-corrected chi connectivity index (χ0v) is 15.0. The molecule has 9 heteroatoms. The number of benzene rings is 1. The number of fused-ring (bicyclic) bond motifs is 1. The Balaban J connectivity index is 1.57. The fourth-order valence-corrected chi connectivity index (χ4v) is 3.27. The van der Waals surface area contributed by atoms with Crippen LogP contribution >= 0.6 is 0 Å². The van der Waals surface area contributed by atoms with Gasteiger partial charge in [0.1, 0.15) is 18.2 Å². The lowest BCUT2D eigenvalue weighted by atomic mass is 9.85. The van der Waals surface area contributed by atoms with E-state index in [1.54, 1.807) is 0 Å². The minimum absolute atomic E-state index is 0.394. The van der Waals surface area contributed by atoms with Gasteiger partial charge in [-0.1, -0.05) is 12.2 Å². The van der Waals surface area contributed by atoms with Crippen LogP contribution in [-0.4, -0.2) is 41.2 Å². The number of nitrogens with one attached hydrogen (secondary N) is 1. The number of carbonyl (C=O) groups excluding carboxylic acids is 4. The van der Waals surface area contributed by atoms with Gasteiger partial charge in [0.05, 0.1) is 17.5 Å². The second kappa shape index (κ2) is 7.87. The van der Waals surface area contributed by atoms with E-state index < -0.39 is 65.5 Å². The lowest BCUT2D eigenvalue weighted by Crippen LogP contribution is -2.39. The molecule has 0 saturated carbocycles. The second-order valence-electron chi connectivity index (χ2n) is 6.66. The molecule has 0 spiro atoms. The van der Waals surface area contributed by atoms with Crippen molar-refractivity contribution >= 4 is 29.4 Å². The van der Waals surface area contributed by atoms with Crippen molar-refractivity contribution < 1.29 is 32.7 Å². The summed E-state index contributed by atoms with van der Waals surface area (Å²) >= 11 is 0. The molecule has 0 radical (unpaired) electrons. The number of likely N-dealkylation sites (tertiary alicyclic amines) is 1. The minimum Gasteiger partial charge on any atom is -0.451 e. The van der Waals surface area contributed by atoms with E-state index in [4.69, 9.17) is 4.74 Å². The first-order valence-corrected chi connectivity index (χ1v) is 8.73. The van der Waals surface area contributed by atoms with Crippen molar-refractivity contribution in [1.82, 2.24) is 4.90 Å².